The number of halogens is 1. The number of hydrogen-bond donors (Lipinski definition) is 0. The fourth-order valence-electron chi connectivity index (χ4n) is 2.24. The predicted molar refractivity (Wildman–Crippen MR) is 74.7 cm³/mol. The zero-order valence-corrected chi connectivity index (χ0v) is 11.0. The SMILES string of the molecule is Cc1cccc(C)c1C(Cl)Cc1ccccc1. The molecule has 88 valence electrons. The molecule has 0 spiro atoms. The van der Waals surface area contributed by atoms with Gasteiger partial charge in [0.1, 0.15) is 0 Å². The maximum atomic E-state index is 6.55. The van der Waals surface area contributed by atoms with Gasteiger partial charge in [0.15, 0.2) is 0 Å². The van der Waals surface area contributed by atoms with E-state index in [0.29, 0.717) is 0 Å². The highest BCUT2D eigenvalue weighted by molar-refractivity contribution is 6.21. The van der Waals surface area contributed by atoms with E-state index in [1.807, 2.05) is 6.07 Å². The molecule has 0 aliphatic heterocycles. The van der Waals surface area contributed by atoms with E-state index in [9.17, 15) is 0 Å². The predicted octanol–water partition coefficient (Wildman–Crippen LogP) is 4.83. The molecular weight excluding hydrogens is 228 g/mol. The minimum atomic E-state index is 0.0543. The van der Waals surface area contributed by atoms with Crippen molar-refractivity contribution in [1.82, 2.24) is 0 Å². The Hall–Kier alpha value is -1.27. The third-order valence-corrected chi connectivity index (χ3v) is 3.49. The monoisotopic (exact) mass is 244 g/mol. The van der Waals surface area contributed by atoms with Crippen LogP contribution >= 0.6 is 11.6 Å². The second-order valence-electron chi connectivity index (χ2n) is 4.46. The van der Waals surface area contributed by atoms with Gasteiger partial charge in [0.25, 0.3) is 0 Å². The van der Waals surface area contributed by atoms with Crippen molar-refractivity contribution in [2.45, 2.75) is 25.6 Å². The molecule has 0 heterocycles. The van der Waals surface area contributed by atoms with Crippen LogP contribution in [-0.4, -0.2) is 0 Å². The molecule has 0 nitrogen and oxygen atoms in total. The zero-order valence-electron chi connectivity index (χ0n) is 10.3. The first-order valence-corrected chi connectivity index (χ1v) is 6.36. The van der Waals surface area contributed by atoms with E-state index in [0.717, 1.165) is 6.42 Å². The van der Waals surface area contributed by atoms with Crippen LogP contribution in [0.3, 0.4) is 0 Å². The average Bonchev–Trinajstić information content (AvgIpc) is 2.30. The maximum absolute atomic E-state index is 6.55. The summed E-state index contributed by atoms with van der Waals surface area (Å²) < 4.78 is 0. The second kappa shape index (κ2) is 5.37. The molecule has 0 radical (unpaired) electrons. The lowest BCUT2D eigenvalue weighted by molar-refractivity contribution is 0.899. The van der Waals surface area contributed by atoms with Crippen molar-refractivity contribution in [2.24, 2.45) is 0 Å². The van der Waals surface area contributed by atoms with Crippen LogP contribution in [0.2, 0.25) is 0 Å². The first-order valence-electron chi connectivity index (χ1n) is 5.92. The molecule has 0 saturated carbocycles. The van der Waals surface area contributed by atoms with Gasteiger partial charge in [0, 0.05) is 0 Å². The fraction of sp³-hybridized carbons (Fsp3) is 0.250. The van der Waals surface area contributed by atoms with E-state index in [4.69, 9.17) is 11.6 Å². The summed E-state index contributed by atoms with van der Waals surface area (Å²) in [6, 6.07) is 16.7. The summed E-state index contributed by atoms with van der Waals surface area (Å²) in [5.41, 5.74) is 5.12. The first kappa shape index (κ1) is 12.2. The van der Waals surface area contributed by atoms with Crippen molar-refractivity contribution in [2.75, 3.05) is 0 Å². The third-order valence-electron chi connectivity index (χ3n) is 3.11. The summed E-state index contributed by atoms with van der Waals surface area (Å²) in [4.78, 5) is 0. The van der Waals surface area contributed by atoms with Crippen molar-refractivity contribution in [3.63, 3.8) is 0 Å². The van der Waals surface area contributed by atoms with Gasteiger partial charge in [-0.1, -0.05) is 48.5 Å². The summed E-state index contributed by atoms with van der Waals surface area (Å²) >= 11 is 6.55. The number of hydrogen-bond acceptors (Lipinski definition) is 0. The van der Waals surface area contributed by atoms with Crippen LogP contribution in [0.1, 0.15) is 27.6 Å². The quantitative estimate of drug-likeness (QED) is 0.679. The highest BCUT2D eigenvalue weighted by atomic mass is 35.5. The lowest BCUT2D eigenvalue weighted by Crippen LogP contribution is -2.01. The maximum Gasteiger partial charge on any atom is 0.0630 e. The minimum Gasteiger partial charge on any atom is -0.117 e. The van der Waals surface area contributed by atoms with Crippen molar-refractivity contribution in [3.8, 4) is 0 Å². The van der Waals surface area contributed by atoms with E-state index in [1.165, 1.54) is 22.3 Å². The molecule has 0 aliphatic carbocycles. The number of benzene rings is 2. The molecule has 0 amide bonds. The van der Waals surface area contributed by atoms with Gasteiger partial charge in [-0.15, -0.1) is 11.6 Å². The normalized spacial score (nSPS) is 12.4. The van der Waals surface area contributed by atoms with Crippen LogP contribution in [-0.2, 0) is 6.42 Å². The Morgan fingerprint density at radius 3 is 2.06 bits per heavy atom. The minimum absolute atomic E-state index is 0.0543. The van der Waals surface area contributed by atoms with Crippen LogP contribution in [0.4, 0.5) is 0 Å². The van der Waals surface area contributed by atoms with Gasteiger partial charge >= 0.3 is 0 Å². The Labute approximate surface area is 108 Å². The molecule has 17 heavy (non-hydrogen) atoms. The van der Waals surface area contributed by atoms with Gasteiger partial charge < -0.3 is 0 Å². The molecule has 0 aliphatic rings. The smallest absolute Gasteiger partial charge is 0.0630 e. The van der Waals surface area contributed by atoms with Gasteiger partial charge in [-0.3, -0.25) is 0 Å². The van der Waals surface area contributed by atoms with Crippen molar-refractivity contribution < 1.29 is 0 Å². The van der Waals surface area contributed by atoms with Crippen LogP contribution in [0, 0.1) is 13.8 Å². The van der Waals surface area contributed by atoms with E-state index in [1.54, 1.807) is 0 Å². The Morgan fingerprint density at radius 1 is 0.882 bits per heavy atom. The lowest BCUT2D eigenvalue weighted by Gasteiger charge is -2.15. The Balaban J connectivity index is 2.23. The molecule has 0 N–H and O–H groups in total. The molecule has 2 aromatic rings. The van der Waals surface area contributed by atoms with Gasteiger partial charge in [0.05, 0.1) is 5.38 Å². The largest absolute Gasteiger partial charge is 0.117 e. The van der Waals surface area contributed by atoms with E-state index >= 15 is 0 Å². The summed E-state index contributed by atoms with van der Waals surface area (Å²) in [5, 5.41) is 0.0543. The van der Waals surface area contributed by atoms with Gasteiger partial charge in [-0.05, 0) is 42.5 Å². The summed E-state index contributed by atoms with van der Waals surface area (Å²) in [7, 11) is 0. The zero-order chi connectivity index (χ0) is 12.3. The third kappa shape index (κ3) is 2.89. The van der Waals surface area contributed by atoms with E-state index in [2.05, 4.69) is 56.3 Å². The molecular formula is C16H17Cl. The van der Waals surface area contributed by atoms with Crippen molar-refractivity contribution in [1.29, 1.82) is 0 Å². The van der Waals surface area contributed by atoms with Gasteiger partial charge in [-0.2, -0.15) is 0 Å². The van der Waals surface area contributed by atoms with Gasteiger partial charge in [-0.25, -0.2) is 0 Å². The van der Waals surface area contributed by atoms with Crippen LogP contribution in [0.15, 0.2) is 48.5 Å². The molecule has 0 aromatic heterocycles. The van der Waals surface area contributed by atoms with Crippen molar-refractivity contribution >= 4 is 11.6 Å². The van der Waals surface area contributed by atoms with Crippen LogP contribution < -0.4 is 0 Å². The molecule has 2 rings (SSSR count). The highest BCUT2D eigenvalue weighted by Crippen LogP contribution is 2.30. The Morgan fingerprint density at radius 2 is 1.47 bits per heavy atom. The van der Waals surface area contributed by atoms with Crippen LogP contribution in [0.5, 0.6) is 0 Å². The number of aryl methyl sites for hydroxylation is 2. The van der Waals surface area contributed by atoms with Gasteiger partial charge in [0.2, 0.25) is 0 Å². The molecule has 1 atom stereocenters. The average molecular weight is 245 g/mol. The standard InChI is InChI=1S/C16H17Cl/c1-12-7-6-8-13(2)16(12)15(17)11-14-9-4-3-5-10-14/h3-10,15H,11H2,1-2H3. The Kier molecular flexibility index (Phi) is 3.86. The molecule has 0 bridgehead atoms. The Bertz CT molecular complexity index is 468. The summed E-state index contributed by atoms with van der Waals surface area (Å²) in [6.07, 6.45) is 0.883. The highest BCUT2D eigenvalue weighted by Gasteiger charge is 2.13. The summed E-state index contributed by atoms with van der Waals surface area (Å²) in [5.74, 6) is 0. The van der Waals surface area contributed by atoms with E-state index < -0.39 is 0 Å². The second-order valence-corrected chi connectivity index (χ2v) is 4.99. The van der Waals surface area contributed by atoms with Crippen LogP contribution in [0.25, 0.3) is 0 Å². The molecule has 0 saturated heterocycles. The molecule has 0 fully saturated rings. The lowest BCUT2D eigenvalue weighted by atomic mass is 9.96. The first-order chi connectivity index (χ1) is 8.18. The number of alkyl halides is 1. The van der Waals surface area contributed by atoms with Crippen molar-refractivity contribution in [3.05, 3.63) is 70.8 Å². The summed E-state index contributed by atoms with van der Waals surface area (Å²) in [6.45, 7) is 4.26. The molecule has 1 unspecified atom stereocenters. The topological polar surface area (TPSA) is 0 Å². The van der Waals surface area contributed by atoms with E-state index in [-0.39, 0.29) is 5.38 Å². The molecule has 1 heteroatoms. The fourth-order valence-corrected chi connectivity index (χ4v) is 2.77. The number of rotatable bonds is 3. The molecule has 2 aromatic carbocycles.